The number of nitrogens with one attached hydrogen (secondary N) is 1. The fourth-order valence-electron chi connectivity index (χ4n) is 2.28. The normalized spacial score (nSPS) is 20.0. The van der Waals surface area contributed by atoms with E-state index in [-0.39, 0.29) is 12.3 Å². The summed E-state index contributed by atoms with van der Waals surface area (Å²) in [5, 5.41) is 12.8. The summed E-state index contributed by atoms with van der Waals surface area (Å²) in [4.78, 5) is 25.4. The van der Waals surface area contributed by atoms with Crippen LogP contribution >= 0.6 is 11.6 Å². The first-order valence-corrected chi connectivity index (χ1v) is 7.79. The van der Waals surface area contributed by atoms with E-state index < -0.39 is 23.3 Å². The van der Waals surface area contributed by atoms with Crippen molar-refractivity contribution < 1.29 is 24.2 Å². The molecule has 1 aliphatic heterocycles. The number of ether oxygens (including phenoxy) is 2. The van der Waals surface area contributed by atoms with Crippen LogP contribution in [0.25, 0.3) is 0 Å². The van der Waals surface area contributed by atoms with E-state index in [1.165, 1.54) is 11.8 Å². The summed E-state index contributed by atoms with van der Waals surface area (Å²) in [6, 6.07) is 3.11. The first-order valence-electron chi connectivity index (χ1n) is 7.41. The third-order valence-electron chi connectivity index (χ3n) is 3.47. The zero-order valence-electron chi connectivity index (χ0n) is 14.3. The summed E-state index contributed by atoms with van der Waals surface area (Å²) in [5.74, 6) is -0.937. The van der Waals surface area contributed by atoms with Gasteiger partial charge in [0.15, 0.2) is 0 Å². The Kier molecular flexibility index (Phi) is 4.59. The zero-order chi connectivity index (χ0) is 18.3. The fourth-order valence-corrected chi connectivity index (χ4v) is 2.53. The number of benzene rings is 1. The summed E-state index contributed by atoms with van der Waals surface area (Å²) in [5.41, 5.74) is -1.38. The lowest BCUT2D eigenvalue weighted by Gasteiger charge is -2.39. The highest BCUT2D eigenvalue weighted by Gasteiger charge is 2.45. The van der Waals surface area contributed by atoms with Crippen LogP contribution in [0.5, 0.6) is 5.75 Å². The van der Waals surface area contributed by atoms with Crippen LogP contribution in [0.3, 0.4) is 0 Å². The number of nitrogens with zero attached hydrogens (tertiary/aromatic N) is 1. The van der Waals surface area contributed by atoms with Crippen LogP contribution in [-0.2, 0) is 9.53 Å². The highest BCUT2D eigenvalue weighted by Crippen LogP contribution is 2.42. The molecule has 1 heterocycles. The average Bonchev–Trinajstić information content (AvgIpc) is 2.44. The van der Waals surface area contributed by atoms with E-state index in [1.807, 2.05) is 0 Å². The van der Waals surface area contributed by atoms with Crippen LogP contribution in [0.2, 0.25) is 5.02 Å². The van der Waals surface area contributed by atoms with E-state index in [4.69, 9.17) is 21.1 Å². The average molecular weight is 357 g/mol. The molecule has 1 aliphatic rings. The number of fused-ring (bicyclic) bond motifs is 1. The molecule has 8 heteroatoms. The molecule has 0 saturated heterocycles. The van der Waals surface area contributed by atoms with E-state index in [9.17, 15) is 14.7 Å². The van der Waals surface area contributed by atoms with Gasteiger partial charge in [-0.25, -0.2) is 9.59 Å². The lowest BCUT2D eigenvalue weighted by Crippen LogP contribution is -2.56. The second-order valence-corrected chi connectivity index (χ2v) is 7.16. The molecule has 0 fully saturated rings. The summed E-state index contributed by atoms with van der Waals surface area (Å²) in [7, 11) is 1.68. The number of hydrogen-bond donors (Lipinski definition) is 2. The van der Waals surface area contributed by atoms with Gasteiger partial charge in [0.25, 0.3) is 0 Å². The molecule has 0 radical (unpaired) electrons. The molecule has 1 atom stereocenters. The quantitative estimate of drug-likeness (QED) is 0.844. The molecular formula is C16H21ClN2O5. The molecule has 1 aromatic carbocycles. The molecule has 132 valence electrons. The third kappa shape index (κ3) is 3.51. The summed E-state index contributed by atoms with van der Waals surface area (Å²) in [6.45, 7) is 6.42. The molecule has 0 aliphatic carbocycles. The number of carboxylic acid groups (broad SMARTS) is 1. The Labute approximate surface area is 145 Å². The number of hydrogen-bond acceptors (Lipinski definition) is 5. The lowest BCUT2D eigenvalue weighted by atomic mass is 10.0. The number of carboxylic acids is 1. The van der Waals surface area contributed by atoms with Crippen molar-refractivity contribution in [2.75, 3.05) is 23.8 Å². The standard InChI is InChI=1S/C16H21ClN2O5/c1-15(2,3)24-14(22)19-8-16(4,13(20)21)23-12-7-10(18-5)9(17)6-11(12)19/h6-7,18H,8H2,1-5H3,(H,20,21). The lowest BCUT2D eigenvalue weighted by molar-refractivity contribution is -0.153. The molecule has 7 nitrogen and oxygen atoms in total. The molecule has 0 aromatic heterocycles. The van der Waals surface area contributed by atoms with Crippen LogP contribution in [-0.4, -0.2) is 42.0 Å². The van der Waals surface area contributed by atoms with Crippen molar-refractivity contribution in [2.24, 2.45) is 0 Å². The minimum absolute atomic E-state index is 0.195. The molecule has 1 aromatic rings. The molecule has 24 heavy (non-hydrogen) atoms. The van der Waals surface area contributed by atoms with Gasteiger partial charge in [-0.3, -0.25) is 4.90 Å². The van der Waals surface area contributed by atoms with E-state index >= 15 is 0 Å². The number of aliphatic carboxylic acids is 1. The summed E-state index contributed by atoms with van der Waals surface area (Å²) < 4.78 is 11.0. The third-order valence-corrected chi connectivity index (χ3v) is 3.78. The smallest absolute Gasteiger partial charge is 0.415 e. The zero-order valence-corrected chi connectivity index (χ0v) is 15.0. The first-order chi connectivity index (χ1) is 11.0. The monoisotopic (exact) mass is 356 g/mol. The fraction of sp³-hybridized carbons (Fsp3) is 0.500. The van der Waals surface area contributed by atoms with Crippen LogP contribution in [0, 0.1) is 0 Å². The largest absolute Gasteiger partial charge is 0.478 e. The molecule has 2 N–H and O–H groups in total. The Bertz CT molecular complexity index is 686. The molecule has 0 bridgehead atoms. The Morgan fingerprint density at radius 2 is 2.04 bits per heavy atom. The van der Waals surface area contributed by atoms with Gasteiger partial charge in [0.2, 0.25) is 5.60 Å². The predicted molar refractivity (Wildman–Crippen MR) is 91.2 cm³/mol. The minimum atomic E-state index is -1.59. The molecular weight excluding hydrogens is 336 g/mol. The van der Waals surface area contributed by atoms with Crippen molar-refractivity contribution in [3.8, 4) is 5.75 Å². The van der Waals surface area contributed by atoms with Crippen LogP contribution in [0.4, 0.5) is 16.2 Å². The number of carbonyl (C=O) groups excluding carboxylic acids is 1. The number of amides is 1. The van der Waals surface area contributed by atoms with Crippen LogP contribution in [0.15, 0.2) is 12.1 Å². The van der Waals surface area contributed by atoms with Crippen molar-refractivity contribution in [2.45, 2.75) is 38.9 Å². The second kappa shape index (κ2) is 6.05. The molecule has 1 unspecified atom stereocenters. The maximum Gasteiger partial charge on any atom is 0.415 e. The number of anilines is 2. The molecule has 0 saturated carbocycles. The maximum absolute atomic E-state index is 12.5. The van der Waals surface area contributed by atoms with Gasteiger partial charge < -0.3 is 19.9 Å². The highest BCUT2D eigenvalue weighted by molar-refractivity contribution is 6.33. The van der Waals surface area contributed by atoms with Gasteiger partial charge in [0.05, 0.1) is 22.9 Å². The van der Waals surface area contributed by atoms with Crippen LogP contribution < -0.4 is 15.0 Å². The van der Waals surface area contributed by atoms with Gasteiger partial charge in [-0.2, -0.15) is 0 Å². The second-order valence-electron chi connectivity index (χ2n) is 6.75. The topological polar surface area (TPSA) is 88.1 Å². The van der Waals surface area contributed by atoms with Gasteiger partial charge in [0.1, 0.15) is 11.4 Å². The van der Waals surface area contributed by atoms with Crippen molar-refractivity contribution in [1.82, 2.24) is 0 Å². The minimum Gasteiger partial charge on any atom is -0.478 e. The maximum atomic E-state index is 12.5. The van der Waals surface area contributed by atoms with Crippen molar-refractivity contribution in [3.05, 3.63) is 17.2 Å². The first kappa shape index (κ1) is 18.2. The highest BCUT2D eigenvalue weighted by atomic mass is 35.5. The summed E-state index contributed by atoms with van der Waals surface area (Å²) in [6.07, 6.45) is -0.659. The van der Waals surface area contributed by atoms with Gasteiger partial charge in [-0.05, 0) is 33.8 Å². The summed E-state index contributed by atoms with van der Waals surface area (Å²) >= 11 is 6.18. The Balaban J connectivity index is 2.53. The Morgan fingerprint density at radius 3 is 2.54 bits per heavy atom. The van der Waals surface area contributed by atoms with Crippen molar-refractivity contribution >= 4 is 35.0 Å². The molecule has 0 spiro atoms. The van der Waals surface area contributed by atoms with Gasteiger partial charge >= 0.3 is 12.1 Å². The van der Waals surface area contributed by atoms with Gasteiger partial charge in [0, 0.05) is 13.1 Å². The van der Waals surface area contributed by atoms with E-state index in [1.54, 1.807) is 40.0 Å². The molecule has 2 rings (SSSR count). The van der Waals surface area contributed by atoms with Crippen LogP contribution in [0.1, 0.15) is 27.7 Å². The van der Waals surface area contributed by atoms with E-state index in [0.29, 0.717) is 16.4 Å². The Morgan fingerprint density at radius 1 is 1.42 bits per heavy atom. The predicted octanol–water partition coefficient (Wildman–Crippen LogP) is 3.36. The van der Waals surface area contributed by atoms with E-state index in [2.05, 4.69) is 5.32 Å². The van der Waals surface area contributed by atoms with Crippen molar-refractivity contribution in [3.63, 3.8) is 0 Å². The number of halogens is 1. The molecule has 1 amide bonds. The number of rotatable bonds is 2. The van der Waals surface area contributed by atoms with Crippen molar-refractivity contribution in [1.29, 1.82) is 0 Å². The SMILES string of the molecule is CNc1cc2c(cc1Cl)N(C(=O)OC(C)(C)C)CC(C)(C(=O)O)O2. The van der Waals surface area contributed by atoms with Gasteiger partial charge in [-0.15, -0.1) is 0 Å². The Hall–Kier alpha value is -2.15. The van der Waals surface area contributed by atoms with E-state index in [0.717, 1.165) is 0 Å². The number of carbonyl (C=O) groups is 2. The van der Waals surface area contributed by atoms with Gasteiger partial charge in [-0.1, -0.05) is 11.6 Å².